The Balaban J connectivity index is 1.22. The summed E-state index contributed by atoms with van der Waals surface area (Å²) in [6.07, 6.45) is -0.700. The summed E-state index contributed by atoms with van der Waals surface area (Å²) in [4.78, 5) is 34.3. The molecular formula is C24H20F2N2O5. The van der Waals surface area contributed by atoms with E-state index in [-0.39, 0.29) is 19.1 Å². The van der Waals surface area contributed by atoms with Crippen molar-refractivity contribution in [3.05, 3.63) is 59.7 Å². The number of alkyl halides is 2. The summed E-state index contributed by atoms with van der Waals surface area (Å²) in [5.74, 6) is -4.55. The third-order valence-corrected chi connectivity index (χ3v) is 5.82. The fourth-order valence-corrected chi connectivity index (χ4v) is 4.12. The Morgan fingerprint density at radius 1 is 1.00 bits per heavy atom. The molecule has 0 spiro atoms. The lowest BCUT2D eigenvalue weighted by molar-refractivity contribution is -0.141. The summed E-state index contributed by atoms with van der Waals surface area (Å²) in [7, 11) is 0. The van der Waals surface area contributed by atoms with Gasteiger partial charge in [-0.3, -0.25) is 9.59 Å². The molecule has 2 aromatic rings. The maximum absolute atomic E-state index is 13.3. The van der Waals surface area contributed by atoms with Crippen molar-refractivity contribution in [2.24, 2.45) is 11.8 Å². The molecule has 170 valence electrons. The molecule has 1 fully saturated rings. The molecule has 2 aromatic carbocycles. The maximum Gasteiger partial charge on any atom is 0.407 e. The molecule has 0 heterocycles. The van der Waals surface area contributed by atoms with E-state index in [1.54, 1.807) is 0 Å². The van der Waals surface area contributed by atoms with Gasteiger partial charge in [0.1, 0.15) is 12.5 Å². The molecule has 0 radical (unpaired) electrons. The largest absolute Gasteiger partial charge is 0.481 e. The molecule has 0 aliphatic heterocycles. The zero-order valence-corrected chi connectivity index (χ0v) is 17.3. The minimum absolute atomic E-state index is 0.0878. The van der Waals surface area contributed by atoms with E-state index in [9.17, 15) is 23.2 Å². The van der Waals surface area contributed by atoms with E-state index in [1.807, 2.05) is 48.5 Å². The number of carboxylic acids is 1. The number of halogens is 2. The summed E-state index contributed by atoms with van der Waals surface area (Å²) < 4.78 is 31.9. The first kappa shape index (κ1) is 22.3. The number of alkyl carbamates (subject to hydrolysis) is 1. The first-order valence-electron chi connectivity index (χ1n) is 10.3. The van der Waals surface area contributed by atoms with Gasteiger partial charge in [0, 0.05) is 12.5 Å². The van der Waals surface area contributed by atoms with Gasteiger partial charge in [0.15, 0.2) is 0 Å². The second-order valence-electron chi connectivity index (χ2n) is 7.79. The van der Waals surface area contributed by atoms with Gasteiger partial charge in [0.25, 0.3) is 11.8 Å². The molecule has 0 aromatic heterocycles. The van der Waals surface area contributed by atoms with Crippen LogP contribution in [0.4, 0.5) is 13.6 Å². The maximum atomic E-state index is 13.3. The topological polar surface area (TPSA) is 105 Å². The Kier molecular flexibility index (Phi) is 6.01. The molecule has 7 nitrogen and oxygen atoms in total. The van der Waals surface area contributed by atoms with Gasteiger partial charge in [-0.2, -0.15) is 0 Å². The van der Waals surface area contributed by atoms with Crippen LogP contribution in [0.5, 0.6) is 0 Å². The zero-order valence-electron chi connectivity index (χ0n) is 17.3. The molecular weight excluding hydrogens is 434 g/mol. The van der Waals surface area contributed by atoms with Crippen LogP contribution in [0.2, 0.25) is 0 Å². The van der Waals surface area contributed by atoms with Crippen LogP contribution in [0.15, 0.2) is 48.5 Å². The van der Waals surface area contributed by atoms with Crippen LogP contribution < -0.4 is 10.6 Å². The Morgan fingerprint density at radius 2 is 1.61 bits per heavy atom. The summed E-state index contributed by atoms with van der Waals surface area (Å²) in [5, 5.41) is 13.3. The first-order chi connectivity index (χ1) is 15.8. The van der Waals surface area contributed by atoms with Crippen molar-refractivity contribution >= 4 is 18.0 Å². The van der Waals surface area contributed by atoms with E-state index >= 15 is 0 Å². The molecule has 1 saturated carbocycles. The number of nitrogens with one attached hydrogen (secondary N) is 2. The lowest BCUT2D eigenvalue weighted by Crippen LogP contribution is -2.28. The van der Waals surface area contributed by atoms with Gasteiger partial charge in [-0.1, -0.05) is 54.5 Å². The normalized spacial score (nSPS) is 19.3. The standard InChI is InChI=1S/C24H20F2N2O5/c25-24(26)19(21(24)22(30)31)12-28-20(29)10-5-11-27-23(32)33-13-18-16-8-3-1-6-14(16)15-7-2-4-9-17(15)18/h1-4,6-9,18-19,21H,11-13H2,(H,27,32)(H,28,29)(H,30,31)/t19-,21-/m0/s1. The Labute approximate surface area is 188 Å². The van der Waals surface area contributed by atoms with Crippen molar-refractivity contribution in [3.8, 4) is 23.0 Å². The van der Waals surface area contributed by atoms with Crippen molar-refractivity contribution in [2.45, 2.75) is 11.8 Å². The summed E-state index contributed by atoms with van der Waals surface area (Å²) >= 11 is 0. The second-order valence-corrected chi connectivity index (χ2v) is 7.79. The van der Waals surface area contributed by atoms with Crippen molar-refractivity contribution in [1.82, 2.24) is 10.6 Å². The quantitative estimate of drug-likeness (QED) is 0.582. The fourth-order valence-electron chi connectivity index (χ4n) is 4.12. The van der Waals surface area contributed by atoms with E-state index < -0.39 is 42.3 Å². The zero-order chi connectivity index (χ0) is 23.6. The molecule has 2 aliphatic rings. The van der Waals surface area contributed by atoms with Crippen molar-refractivity contribution in [1.29, 1.82) is 0 Å². The molecule has 3 N–H and O–H groups in total. The lowest BCUT2D eigenvalue weighted by Gasteiger charge is -2.14. The van der Waals surface area contributed by atoms with E-state index in [1.165, 1.54) is 0 Å². The van der Waals surface area contributed by atoms with Gasteiger partial charge in [0.2, 0.25) is 0 Å². The van der Waals surface area contributed by atoms with Gasteiger partial charge in [-0.25, -0.2) is 13.6 Å². The molecule has 2 amide bonds. The van der Waals surface area contributed by atoms with Crippen LogP contribution in [0.3, 0.4) is 0 Å². The lowest BCUT2D eigenvalue weighted by atomic mass is 9.98. The van der Waals surface area contributed by atoms with Crippen molar-refractivity contribution in [2.75, 3.05) is 19.7 Å². The number of carbonyl (C=O) groups excluding carboxylic acids is 2. The molecule has 0 bridgehead atoms. The number of ether oxygens (including phenoxy) is 1. The van der Waals surface area contributed by atoms with Crippen LogP contribution in [0, 0.1) is 23.7 Å². The van der Waals surface area contributed by atoms with Gasteiger partial charge in [-0.15, -0.1) is 0 Å². The monoisotopic (exact) mass is 454 g/mol. The molecule has 2 atom stereocenters. The van der Waals surface area contributed by atoms with Crippen LogP contribution in [0.1, 0.15) is 17.0 Å². The number of benzene rings is 2. The molecule has 9 heteroatoms. The highest BCUT2D eigenvalue weighted by Gasteiger charge is 2.72. The molecule has 0 unspecified atom stereocenters. The number of carbonyl (C=O) groups is 3. The number of aliphatic carboxylic acids is 1. The smallest absolute Gasteiger partial charge is 0.407 e. The van der Waals surface area contributed by atoms with Crippen LogP contribution >= 0.6 is 0 Å². The number of amides is 2. The van der Waals surface area contributed by atoms with E-state index in [0.717, 1.165) is 22.3 Å². The Hall–Kier alpha value is -3.93. The average molecular weight is 454 g/mol. The third-order valence-electron chi connectivity index (χ3n) is 5.82. The Bertz CT molecular complexity index is 1130. The van der Waals surface area contributed by atoms with E-state index in [0.29, 0.717) is 0 Å². The first-order valence-corrected chi connectivity index (χ1v) is 10.3. The predicted molar refractivity (Wildman–Crippen MR) is 113 cm³/mol. The van der Waals surface area contributed by atoms with Crippen LogP contribution in [-0.4, -0.2) is 48.7 Å². The van der Waals surface area contributed by atoms with Gasteiger partial charge in [-0.05, 0) is 28.2 Å². The number of fused-ring (bicyclic) bond motifs is 3. The van der Waals surface area contributed by atoms with Gasteiger partial charge < -0.3 is 20.5 Å². The average Bonchev–Trinajstić information content (AvgIpc) is 3.21. The number of hydrogen-bond acceptors (Lipinski definition) is 4. The summed E-state index contributed by atoms with van der Waals surface area (Å²) in [5.41, 5.74) is 4.37. The number of carboxylic acid groups (broad SMARTS) is 1. The highest BCUT2D eigenvalue weighted by molar-refractivity contribution is 5.93. The Morgan fingerprint density at radius 3 is 2.18 bits per heavy atom. The van der Waals surface area contributed by atoms with Crippen LogP contribution in [-0.2, 0) is 14.3 Å². The number of hydrogen-bond donors (Lipinski definition) is 3. The summed E-state index contributed by atoms with van der Waals surface area (Å²) in [6, 6.07) is 15.8. The second kappa shape index (κ2) is 8.90. The predicted octanol–water partition coefficient (Wildman–Crippen LogP) is 2.61. The SMILES string of the molecule is O=C(C#CCNC(=O)OCC1c2ccccc2-c2ccccc21)NC[C@H]1[C@@H](C(=O)O)C1(F)F. The van der Waals surface area contributed by atoms with Gasteiger partial charge >= 0.3 is 12.1 Å². The van der Waals surface area contributed by atoms with Crippen molar-refractivity contribution < 1.29 is 33.0 Å². The van der Waals surface area contributed by atoms with E-state index in [2.05, 4.69) is 22.5 Å². The molecule has 0 saturated heterocycles. The number of rotatable bonds is 6. The van der Waals surface area contributed by atoms with Crippen molar-refractivity contribution in [3.63, 3.8) is 0 Å². The summed E-state index contributed by atoms with van der Waals surface area (Å²) in [6.45, 7) is -0.535. The van der Waals surface area contributed by atoms with Crippen LogP contribution in [0.25, 0.3) is 11.1 Å². The van der Waals surface area contributed by atoms with Gasteiger partial charge in [0.05, 0.1) is 12.5 Å². The molecule has 2 aliphatic carbocycles. The molecule has 4 rings (SSSR count). The van der Waals surface area contributed by atoms with E-state index in [4.69, 9.17) is 9.84 Å². The minimum atomic E-state index is -3.34. The third kappa shape index (κ3) is 4.51. The highest BCUT2D eigenvalue weighted by atomic mass is 19.3. The highest BCUT2D eigenvalue weighted by Crippen LogP contribution is 2.54. The minimum Gasteiger partial charge on any atom is -0.481 e. The fraction of sp³-hybridized carbons (Fsp3) is 0.292. The molecule has 33 heavy (non-hydrogen) atoms.